The van der Waals surface area contributed by atoms with Crippen LogP contribution >= 0.6 is 11.6 Å². The first-order valence-corrected chi connectivity index (χ1v) is 10.5. The molecule has 0 saturated carbocycles. The van der Waals surface area contributed by atoms with E-state index >= 15 is 0 Å². The summed E-state index contributed by atoms with van der Waals surface area (Å²) in [5.41, 5.74) is 3.76. The lowest BCUT2D eigenvalue weighted by Gasteiger charge is -2.09. The van der Waals surface area contributed by atoms with Gasteiger partial charge in [0.2, 0.25) is 0 Å². The van der Waals surface area contributed by atoms with Gasteiger partial charge in [-0.05, 0) is 73.0 Å². The van der Waals surface area contributed by atoms with E-state index in [0.717, 1.165) is 11.1 Å². The summed E-state index contributed by atoms with van der Waals surface area (Å²) in [5.74, 6) is -0.332. The van der Waals surface area contributed by atoms with Gasteiger partial charge < -0.3 is 15.4 Å². The highest BCUT2D eigenvalue weighted by atomic mass is 35.5. The number of carbonyl (C=O) groups excluding carboxylic acids is 2. The molecular weight excluding hydrogens is 438 g/mol. The van der Waals surface area contributed by atoms with Crippen molar-refractivity contribution in [3.8, 4) is 11.8 Å². The molecule has 33 heavy (non-hydrogen) atoms. The first-order valence-electron chi connectivity index (χ1n) is 10.1. The number of aryl methyl sites for hydroxylation is 2. The van der Waals surface area contributed by atoms with Gasteiger partial charge in [-0.15, -0.1) is 0 Å². The molecule has 7 heteroatoms. The van der Waals surface area contributed by atoms with Crippen LogP contribution in [0.4, 0.5) is 11.4 Å². The van der Waals surface area contributed by atoms with Gasteiger partial charge >= 0.3 is 0 Å². The van der Waals surface area contributed by atoms with Crippen molar-refractivity contribution >= 4 is 40.9 Å². The summed E-state index contributed by atoms with van der Waals surface area (Å²) < 4.78 is 5.51. The molecule has 0 aliphatic rings. The Hall–Kier alpha value is -4.08. The number of anilines is 2. The van der Waals surface area contributed by atoms with Gasteiger partial charge in [0.1, 0.15) is 17.4 Å². The Labute approximate surface area is 197 Å². The maximum absolute atomic E-state index is 12.4. The molecule has 0 spiro atoms. The minimum Gasteiger partial charge on any atom is -0.484 e. The maximum atomic E-state index is 12.4. The van der Waals surface area contributed by atoms with Gasteiger partial charge in [0.05, 0.1) is 0 Å². The van der Waals surface area contributed by atoms with Crippen molar-refractivity contribution in [3.05, 3.63) is 94.0 Å². The van der Waals surface area contributed by atoms with E-state index in [2.05, 4.69) is 10.6 Å². The van der Waals surface area contributed by atoms with Crippen LogP contribution < -0.4 is 15.4 Å². The zero-order chi connectivity index (χ0) is 23.8. The lowest BCUT2D eigenvalue weighted by molar-refractivity contribution is -0.118. The second-order valence-electron chi connectivity index (χ2n) is 7.36. The normalized spacial score (nSPS) is 10.8. The SMILES string of the molecule is Cc1cccc(NC(=O)/C(C#N)=C/c2ccc(OCC(=O)Nc3ccc(C)c(Cl)c3)cc2)c1. The van der Waals surface area contributed by atoms with Gasteiger partial charge in [-0.3, -0.25) is 9.59 Å². The summed E-state index contributed by atoms with van der Waals surface area (Å²) in [4.78, 5) is 24.5. The number of rotatable bonds is 7. The molecule has 0 bridgehead atoms. The molecule has 0 saturated heterocycles. The Morgan fingerprint density at radius 1 is 1.00 bits per heavy atom. The molecule has 0 fully saturated rings. The van der Waals surface area contributed by atoms with Crippen LogP contribution in [0.5, 0.6) is 5.75 Å². The van der Waals surface area contributed by atoms with Gasteiger partial charge in [0.25, 0.3) is 11.8 Å². The first-order chi connectivity index (χ1) is 15.8. The molecule has 2 amide bonds. The molecule has 0 radical (unpaired) electrons. The third kappa shape index (κ3) is 6.96. The fraction of sp³-hybridized carbons (Fsp3) is 0.115. The fourth-order valence-electron chi connectivity index (χ4n) is 2.91. The van der Waals surface area contributed by atoms with Crippen molar-refractivity contribution in [3.63, 3.8) is 0 Å². The van der Waals surface area contributed by atoms with Crippen molar-refractivity contribution in [1.29, 1.82) is 5.26 Å². The summed E-state index contributed by atoms with van der Waals surface area (Å²) in [5, 5.41) is 15.4. The van der Waals surface area contributed by atoms with Crippen LogP contribution in [0.2, 0.25) is 5.02 Å². The fourth-order valence-corrected chi connectivity index (χ4v) is 3.09. The minimum atomic E-state index is -0.490. The van der Waals surface area contributed by atoms with E-state index in [0.29, 0.717) is 27.7 Å². The number of ether oxygens (including phenoxy) is 1. The van der Waals surface area contributed by atoms with E-state index < -0.39 is 5.91 Å². The Kier molecular flexibility index (Phi) is 7.85. The van der Waals surface area contributed by atoms with Crippen LogP contribution in [0.3, 0.4) is 0 Å². The molecule has 0 aromatic heterocycles. The van der Waals surface area contributed by atoms with Crippen LogP contribution in [0, 0.1) is 25.2 Å². The van der Waals surface area contributed by atoms with Crippen molar-refractivity contribution in [2.45, 2.75) is 13.8 Å². The van der Waals surface area contributed by atoms with Gasteiger partial charge in [-0.25, -0.2) is 0 Å². The summed E-state index contributed by atoms with van der Waals surface area (Å²) in [6.45, 7) is 3.62. The van der Waals surface area contributed by atoms with Gasteiger partial charge in [-0.2, -0.15) is 5.26 Å². The van der Waals surface area contributed by atoms with Crippen LogP contribution in [0.15, 0.2) is 72.3 Å². The molecule has 0 aliphatic heterocycles. The molecule has 6 nitrogen and oxygen atoms in total. The third-order valence-electron chi connectivity index (χ3n) is 4.66. The van der Waals surface area contributed by atoms with Crippen molar-refractivity contribution < 1.29 is 14.3 Å². The van der Waals surface area contributed by atoms with Gasteiger partial charge in [0, 0.05) is 16.4 Å². The van der Waals surface area contributed by atoms with E-state index in [1.165, 1.54) is 6.08 Å². The zero-order valence-electron chi connectivity index (χ0n) is 18.2. The highest BCUT2D eigenvalue weighted by Crippen LogP contribution is 2.20. The number of hydrogen-bond donors (Lipinski definition) is 2. The Morgan fingerprint density at radius 3 is 2.39 bits per heavy atom. The summed E-state index contributed by atoms with van der Waals surface area (Å²) >= 11 is 6.07. The number of amides is 2. The Balaban J connectivity index is 1.57. The standard InChI is InChI=1S/C26H22ClN3O3/c1-17-4-3-5-21(12-17)30-26(32)20(15-28)13-19-7-10-23(11-8-19)33-16-25(31)29-22-9-6-18(2)24(27)14-22/h3-14H,16H2,1-2H3,(H,29,31)(H,30,32)/b20-13+. The molecule has 0 atom stereocenters. The van der Waals surface area contributed by atoms with Crippen LogP contribution in [-0.4, -0.2) is 18.4 Å². The lowest BCUT2D eigenvalue weighted by atomic mass is 10.1. The van der Waals surface area contributed by atoms with E-state index in [9.17, 15) is 14.9 Å². The third-order valence-corrected chi connectivity index (χ3v) is 5.06. The number of nitriles is 1. The average Bonchev–Trinajstić information content (AvgIpc) is 2.79. The van der Waals surface area contributed by atoms with Gasteiger partial charge in [-0.1, -0.05) is 41.9 Å². The molecule has 166 valence electrons. The summed E-state index contributed by atoms with van der Waals surface area (Å²) in [6, 6.07) is 21.2. The number of hydrogen-bond acceptors (Lipinski definition) is 4. The zero-order valence-corrected chi connectivity index (χ0v) is 18.9. The quantitative estimate of drug-likeness (QED) is 0.359. The van der Waals surface area contributed by atoms with Crippen LogP contribution in [0.1, 0.15) is 16.7 Å². The van der Waals surface area contributed by atoms with Crippen molar-refractivity contribution in [2.24, 2.45) is 0 Å². The molecule has 3 aromatic carbocycles. The lowest BCUT2D eigenvalue weighted by Crippen LogP contribution is -2.20. The maximum Gasteiger partial charge on any atom is 0.266 e. The molecular formula is C26H22ClN3O3. The summed E-state index contributed by atoms with van der Waals surface area (Å²) in [6.07, 6.45) is 1.49. The average molecular weight is 460 g/mol. The largest absolute Gasteiger partial charge is 0.484 e. The van der Waals surface area contributed by atoms with Crippen molar-refractivity contribution in [1.82, 2.24) is 0 Å². The van der Waals surface area contributed by atoms with Crippen LogP contribution in [-0.2, 0) is 9.59 Å². The molecule has 0 unspecified atom stereocenters. The predicted octanol–water partition coefficient (Wildman–Crippen LogP) is 5.52. The monoisotopic (exact) mass is 459 g/mol. The van der Waals surface area contributed by atoms with E-state index in [4.69, 9.17) is 16.3 Å². The van der Waals surface area contributed by atoms with E-state index in [1.807, 2.05) is 44.2 Å². The van der Waals surface area contributed by atoms with E-state index in [1.54, 1.807) is 42.5 Å². The Morgan fingerprint density at radius 2 is 1.73 bits per heavy atom. The topological polar surface area (TPSA) is 91.2 Å². The van der Waals surface area contributed by atoms with E-state index in [-0.39, 0.29) is 18.1 Å². The minimum absolute atomic E-state index is 0.0266. The highest BCUT2D eigenvalue weighted by molar-refractivity contribution is 6.31. The highest BCUT2D eigenvalue weighted by Gasteiger charge is 2.10. The van der Waals surface area contributed by atoms with Crippen LogP contribution in [0.25, 0.3) is 6.08 Å². The molecule has 3 aromatic rings. The number of halogens is 1. The predicted molar refractivity (Wildman–Crippen MR) is 130 cm³/mol. The summed E-state index contributed by atoms with van der Waals surface area (Å²) in [7, 11) is 0. The Bertz CT molecular complexity index is 1240. The number of benzene rings is 3. The molecule has 2 N–H and O–H groups in total. The second-order valence-corrected chi connectivity index (χ2v) is 7.77. The molecule has 0 heterocycles. The number of nitrogens with zero attached hydrogens (tertiary/aromatic N) is 1. The molecule has 0 aliphatic carbocycles. The number of nitrogens with one attached hydrogen (secondary N) is 2. The number of carbonyl (C=O) groups is 2. The first kappa shape index (κ1) is 23.6. The second kappa shape index (κ2) is 11.0. The smallest absolute Gasteiger partial charge is 0.266 e. The van der Waals surface area contributed by atoms with Crippen molar-refractivity contribution in [2.75, 3.05) is 17.2 Å². The molecule has 3 rings (SSSR count). The van der Waals surface area contributed by atoms with Gasteiger partial charge in [0.15, 0.2) is 6.61 Å².